The molecule has 19 heavy (non-hydrogen) atoms. The molecule has 1 fully saturated rings. The maximum Gasteiger partial charge on any atom is 0.240 e. The van der Waals surface area contributed by atoms with Gasteiger partial charge in [0.2, 0.25) is 5.88 Å². The molecular formula is C15H17N3O. The van der Waals surface area contributed by atoms with Crippen molar-refractivity contribution in [2.45, 2.75) is 19.4 Å². The normalized spacial score (nSPS) is 18.5. The Morgan fingerprint density at radius 1 is 1.26 bits per heavy atom. The Balaban J connectivity index is 1.92. The van der Waals surface area contributed by atoms with Crippen molar-refractivity contribution in [3.05, 3.63) is 42.2 Å². The molecule has 98 valence electrons. The van der Waals surface area contributed by atoms with E-state index in [0.29, 0.717) is 5.88 Å². The van der Waals surface area contributed by atoms with Gasteiger partial charge >= 0.3 is 0 Å². The monoisotopic (exact) mass is 255 g/mol. The molecule has 2 aromatic rings. The molecule has 3 rings (SSSR count). The van der Waals surface area contributed by atoms with Crippen molar-refractivity contribution in [2.24, 2.45) is 0 Å². The Morgan fingerprint density at radius 2 is 2.16 bits per heavy atom. The molecule has 1 aliphatic rings. The van der Waals surface area contributed by atoms with Crippen molar-refractivity contribution in [2.75, 3.05) is 13.1 Å². The van der Waals surface area contributed by atoms with Gasteiger partial charge in [-0.2, -0.15) is 0 Å². The minimum absolute atomic E-state index is 0.195. The van der Waals surface area contributed by atoms with Crippen LogP contribution in [-0.2, 0) is 0 Å². The Morgan fingerprint density at radius 3 is 2.95 bits per heavy atom. The third kappa shape index (κ3) is 2.74. The summed E-state index contributed by atoms with van der Waals surface area (Å²) in [5.74, 6) is 0.627. The summed E-state index contributed by atoms with van der Waals surface area (Å²) >= 11 is 0. The van der Waals surface area contributed by atoms with Gasteiger partial charge in [-0.25, -0.2) is 9.97 Å². The van der Waals surface area contributed by atoms with E-state index in [9.17, 15) is 0 Å². The summed E-state index contributed by atoms with van der Waals surface area (Å²) in [4.78, 5) is 8.76. The first-order valence-corrected chi connectivity index (χ1v) is 6.58. The van der Waals surface area contributed by atoms with Gasteiger partial charge in [-0.15, -0.1) is 0 Å². The zero-order chi connectivity index (χ0) is 13.1. The van der Waals surface area contributed by atoms with Gasteiger partial charge in [0, 0.05) is 24.5 Å². The number of nitrogens with zero attached hydrogens (tertiary/aromatic N) is 2. The van der Waals surface area contributed by atoms with Gasteiger partial charge in [0.05, 0.1) is 0 Å². The van der Waals surface area contributed by atoms with Gasteiger partial charge in [0.15, 0.2) is 0 Å². The second kappa shape index (κ2) is 5.36. The third-order valence-electron chi connectivity index (χ3n) is 3.25. The Bertz CT molecular complexity index is 565. The zero-order valence-corrected chi connectivity index (χ0v) is 11.0. The SMILES string of the molecule is Cc1cccc(-c2nccnc2OC2CCNC2)c1. The standard InChI is InChI=1S/C15H17N3O/c1-11-3-2-4-12(9-11)14-15(18-8-7-17-14)19-13-5-6-16-10-13/h2-4,7-9,13,16H,5-6,10H2,1H3. The van der Waals surface area contributed by atoms with Crippen molar-refractivity contribution < 1.29 is 4.74 Å². The summed E-state index contributed by atoms with van der Waals surface area (Å²) in [7, 11) is 0. The number of aromatic nitrogens is 2. The second-order valence-electron chi connectivity index (χ2n) is 4.81. The highest BCUT2D eigenvalue weighted by Gasteiger charge is 2.19. The van der Waals surface area contributed by atoms with E-state index in [1.54, 1.807) is 12.4 Å². The summed E-state index contributed by atoms with van der Waals surface area (Å²) in [6.45, 7) is 3.95. The van der Waals surface area contributed by atoms with E-state index in [1.807, 2.05) is 12.1 Å². The molecule has 1 N–H and O–H groups in total. The summed E-state index contributed by atoms with van der Waals surface area (Å²) in [5, 5.41) is 3.29. The van der Waals surface area contributed by atoms with Crippen molar-refractivity contribution in [3.8, 4) is 17.1 Å². The molecule has 0 bridgehead atoms. The minimum Gasteiger partial charge on any atom is -0.471 e. The fraction of sp³-hybridized carbons (Fsp3) is 0.333. The fourth-order valence-corrected chi connectivity index (χ4v) is 2.29. The lowest BCUT2D eigenvalue weighted by Gasteiger charge is -2.14. The quantitative estimate of drug-likeness (QED) is 0.913. The van der Waals surface area contributed by atoms with Crippen LogP contribution in [0.4, 0.5) is 0 Å². The number of hydrogen-bond donors (Lipinski definition) is 1. The van der Waals surface area contributed by atoms with Crippen LogP contribution >= 0.6 is 0 Å². The molecule has 0 spiro atoms. The molecule has 0 aliphatic carbocycles. The van der Waals surface area contributed by atoms with Crippen LogP contribution in [0.1, 0.15) is 12.0 Å². The van der Waals surface area contributed by atoms with Crippen molar-refractivity contribution in [1.82, 2.24) is 15.3 Å². The smallest absolute Gasteiger partial charge is 0.240 e. The first kappa shape index (κ1) is 12.1. The van der Waals surface area contributed by atoms with E-state index in [1.165, 1.54) is 5.56 Å². The van der Waals surface area contributed by atoms with Crippen LogP contribution in [0.3, 0.4) is 0 Å². The molecule has 1 atom stereocenters. The largest absolute Gasteiger partial charge is 0.471 e. The molecule has 4 nitrogen and oxygen atoms in total. The maximum absolute atomic E-state index is 5.96. The van der Waals surface area contributed by atoms with E-state index in [0.717, 1.165) is 30.8 Å². The van der Waals surface area contributed by atoms with Gasteiger partial charge in [-0.05, 0) is 26.0 Å². The molecule has 4 heteroatoms. The van der Waals surface area contributed by atoms with Gasteiger partial charge in [-0.3, -0.25) is 0 Å². The second-order valence-corrected chi connectivity index (χ2v) is 4.81. The molecule has 2 heterocycles. The number of hydrogen-bond acceptors (Lipinski definition) is 4. The van der Waals surface area contributed by atoms with Crippen molar-refractivity contribution in [3.63, 3.8) is 0 Å². The molecule has 0 amide bonds. The minimum atomic E-state index is 0.195. The van der Waals surface area contributed by atoms with Crippen LogP contribution in [0.15, 0.2) is 36.7 Å². The lowest BCUT2D eigenvalue weighted by Crippen LogP contribution is -2.20. The van der Waals surface area contributed by atoms with Crippen molar-refractivity contribution in [1.29, 1.82) is 0 Å². The fourth-order valence-electron chi connectivity index (χ4n) is 2.29. The highest BCUT2D eigenvalue weighted by molar-refractivity contribution is 5.64. The maximum atomic E-state index is 5.96. The van der Waals surface area contributed by atoms with E-state index in [2.05, 4.69) is 34.3 Å². The lowest BCUT2D eigenvalue weighted by atomic mass is 10.1. The molecule has 1 unspecified atom stereocenters. The summed E-state index contributed by atoms with van der Waals surface area (Å²) < 4.78 is 5.96. The Kier molecular flexibility index (Phi) is 3.42. The highest BCUT2D eigenvalue weighted by Crippen LogP contribution is 2.27. The molecule has 1 aromatic heterocycles. The third-order valence-corrected chi connectivity index (χ3v) is 3.25. The van der Waals surface area contributed by atoms with Crippen LogP contribution in [0.5, 0.6) is 5.88 Å². The topological polar surface area (TPSA) is 47.0 Å². The van der Waals surface area contributed by atoms with Gasteiger partial charge < -0.3 is 10.1 Å². The number of rotatable bonds is 3. The van der Waals surface area contributed by atoms with Gasteiger partial charge in [0.25, 0.3) is 0 Å². The predicted octanol–water partition coefficient (Wildman–Crippen LogP) is 2.19. The summed E-state index contributed by atoms with van der Waals surface area (Å²) in [5.41, 5.74) is 3.07. The summed E-state index contributed by atoms with van der Waals surface area (Å²) in [6, 6.07) is 8.24. The predicted molar refractivity (Wildman–Crippen MR) is 74.1 cm³/mol. The highest BCUT2D eigenvalue weighted by atomic mass is 16.5. The average molecular weight is 255 g/mol. The average Bonchev–Trinajstić information content (AvgIpc) is 2.92. The molecule has 0 radical (unpaired) electrons. The number of aryl methyl sites for hydroxylation is 1. The first-order valence-electron chi connectivity index (χ1n) is 6.58. The molecule has 0 saturated carbocycles. The summed E-state index contributed by atoms with van der Waals surface area (Å²) in [6.07, 6.45) is 4.60. The van der Waals surface area contributed by atoms with Crippen LogP contribution in [0, 0.1) is 6.92 Å². The van der Waals surface area contributed by atoms with Crippen LogP contribution in [-0.4, -0.2) is 29.2 Å². The van der Waals surface area contributed by atoms with E-state index < -0.39 is 0 Å². The van der Waals surface area contributed by atoms with Gasteiger partial charge in [0.1, 0.15) is 11.8 Å². The first-order chi connectivity index (χ1) is 9.33. The van der Waals surface area contributed by atoms with Crippen molar-refractivity contribution >= 4 is 0 Å². The Labute approximate surface area is 112 Å². The number of nitrogens with one attached hydrogen (secondary N) is 1. The number of benzene rings is 1. The van der Waals surface area contributed by atoms with E-state index in [4.69, 9.17) is 4.74 Å². The van der Waals surface area contributed by atoms with Crippen LogP contribution < -0.4 is 10.1 Å². The molecular weight excluding hydrogens is 238 g/mol. The van der Waals surface area contributed by atoms with E-state index >= 15 is 0 Å². The molecule has 1 saturated heterocycles. The van der Waals surface area contributed by atoms with Crippen LogP contribution in [0.25, 0.3) is 11.3 Å². The molecule has 1 aliphatic heterocycles. The molecule has 1 aromatic carbocycles. The van der Waals surface area contributed by atoms with Crippen LogP contribution in [0.2, 0.25) is 0 Å². The lowest BCUT2D eigenvalue weighted by molar-refractivity contribution is 0.214. The zero-order valence-electron chi connectivity index (χ0n) is 11.0. The number of ether oxygens (including phenoxy) is 1. The van der Waals surface area contributed by atoms with Gasteiger partial charge in [-0.1, -0.05) is 23.8 Å². The Hall–Kier alpha value is -1.94. The van der Waals surface area contributed by atoms with E-state index in [-0.39, 0.29) is 6.10 Å².